The van der Waals surface area contributed by atoms with Crippen LogP contribution in [0.4, 0.5) is 4.79 Å². The average molecular weight is 393 g/mol. The van der Waals surface area contributed by atoms with Gasteiger partial charge in [0, 0.05) is 16.5 Å². The highest BCUT2D eigenvalue weighted by Crippen LogP contribution is 2.24. The third-order valence-corrected chi connectivity index (χ3v) is 4.93. The van der Waals surface area contributed by atoms with Crippen LogP contribution in [0.15, 0.2) is 28.7 Å². The first-order chi connectivity index (χ1) is 12.9. The van der Waals surface area contributed by atoms with Gasteiger partial charge >= 0.3 is 12.0 Å². The second-order valence-electron chi connectivity index (χ2n) is 6.76. The Hall–Kier alpha value is -2.54. The van der Waals surface area contributed by atoms with Gasteiger partial charge in [0.25, 0.3) is 5.91 Å². The average Bonchev–Trinajstić information content (AvgIpc) is 3.04. The van der Waals surface area contributed by atoms with Gasteiger partial charge in [-0.15, -0.1) is 0 Å². The molecule has 0 bridgehead atoms. The fraction of sp³-hybridized carbons (Fsp3) is 0.421. The molecule has 8 heteroatoms. The van der Waals surface area contributed by atoms with E-state index in [1.165, 1.54) is 6.07 Å². The van der Waals surface area contributed by atoms with Crippen molar-refractivity contribution in [3.63, 3.8) is 0 Å². The van der Waals surface area contributed by atoms with Crippen molar-refractivity contribution in [2.75, 3.05) is 6.61 Å². The lowest BCUT2D eigenvalue weighted by molar-refractivity contribution is -0.123. The van der Waals surface area contributed by atoms with Gasteiger partial charge in [-0.2, -0.15) is 0 Å². The van der Waals surface area contributed by atoms with Crippen molar-refractivity contribution >= 4 is 40.5 Å². The largest absolute Gasteiger partial charge is 0.450 e. The molecule has 3 rings (SSSR count). The highest BCUT2D eigenvalue weighted by atomic mass is 35.5. The van der Waals surface area contributed by atoms with Gasteiger partial charge in [0.15, 0.2) is 6.61 Å². The Morgan fingerprint density at radius 1 is 1.22 bits per heavy atom. The maximum Gasteiger partial charge on any atom is 0.374 e. The molecule has 3 amide bonds. The summed E-state index contributed by atoms with van der Waals surface area (Å²) in [5, 5.41) is 6.14. The molecule has 1 saturated carbocycles. The molecule has 7 nitrogen and oxygen atoms in total. The van der Waals surface area contributed by atoms with Gasteiger partial charge in [0.1, 0.15) is 5.58 Å². The van der Waals surface area contributed by atoms with E-state index in [9.17, 15) is 14.4 Å². The Morgan fingerprint density at radius 2 is 2.00 bits per heavy atom. The summed E-state index contributed by atoms with van der Waals surface area (Å²) in [6.45, 7) is 1.50. The molecule has 1 heterocycles. The van der Waals surface area contributed by atoms with Gasteiger partial charge in [0.2, 0.25) is 5.76 Å². The molecule has 0 saturated heterocycles. The van der Waals surface area contributed by atoms with Gasteiger partial charge in [0.05, 0.1) is 0 Å². The number of nitrogens with one attached hydrogen (secondary N) is 2. The van der Waals surface area contributed by atoms with Crippen molar-refractivity contribution in [2.45, 2.75) is 38.6 Å². The number of hydrogen-bond donors (Lipinski definition) is 2. The van der Waals surface area contributed by atoms with Crippen molar-refractivity contribution in [3.05, 3.63) is 35.0 Å². The van der Waals surface area contributed by atoms with Crippen molar-refractivity contribution in [1.29, 1.82) is 0 Å². The topological polar surface area (TPSA) is 97.6 Å². The minimum atomic E-state index is -0.793. The molecule has 1 aromatic heterocycles. The number of furan rings is 1. The molecule has 2 aromatic rings. The van der Waals surface area contributed by atoms with Crippen LogP contribution in [0.5, 0.6) is 0 Å². The Labute approximate surface area is 161 Å². The predicted molar refractivity (Wildman–Crippen MR) is 99.6 cm³/mol. The fourth-order valence-corrected chi connectivity index (χ4v) is 3.40. The van der Waals surface area contributed by atoms with Crippen molar-refractivity contribution < 1.29 is 23.5 Å². The Kier molecular flexibility index (Phi) is 6.01. The van der Waals surface area contributed by atoms with Gasteiger partial charge in [-0.1, -0.05) is 31.4 Å². The molecule has 1 aromatic carbocycles. The molecule has 144 valence electrons. The lowest BCUT2D eigenvalue weighted by atomic mass is 9.86. The molecule has 1 aliphatic rings. The molecule has 1 fully saturated rings. The fourth-order valence-electron chi connectivity index (χ4n) is 3.21. The van der Waals surface area contributed by atoms with Crippen LogP contribution < -0.4 is 10.6 Å². The van der Waals surface area contributed by atoms with Gasteiger partial charge < -0.3 is 14.5 Å². The number of imide groups is 1. The van der Waals surface area contributed by atoms with E-state index >= 15 is 0 Å². The zero-order valence-electron chi connectivity index (χ0n) is 14.9. The van der Waals surface area contributed by atoms with Crippen LogP contribution in [0.25, 0.3) is 11.0 Å². The van der Waals surface area contributed by atoms with E-state index in [0.29, 0.717) is 21.9 Å². The third kappa shape index (κ3) is 5.01. The van der Waals surface area contributed by atoms with E-state index in [0.717, 1.165) is 25.7 Å². The number of carbonyl (C=O) groups excluding carboxylic acids is 3. The molecule has 2 atom stereocenters. The predicted octanol–water partition coefficient (Wildman–Crippen LogP) is 3.65. The number of carbonyl (C=O) groups is 3. The van der Waals surface area contributed by atoms with Crippen molar-refractivity contribution in [2.24, 2.45) is 5.92 Å². The standard InChI is InChI=1S/C19H21ClN2O5/c1-11-4-2-3-5-14(11)21-19(25)22-17(23)10-26-18(24)16-9-12-8-13(20)6-7-15(12)27-16/h6-9,11,14H,2-5,10H2,1H3,(H2,21,22,23,25)/t11-,14-/m1/s1. The first-order valence-electron chi connectivity index (χ1n) is 8.89. The van der Waals surface area contributed by atoms with E-state index in [-0.39, 0.29) is 11.8 Å². The number of ether oxygens (including phenoxy) is 1. The zero-order chi connectivity index (χ0) is 19.4. The van der Waals surface area contributed by atoms with E-state index in [1.54, 1.807) is 18.2 Å². The summed E-state index contributed by atoms with van der Waals surface area (Å²) in [7, 11) is 0. The van der Waals surface area contributed by atoms with Gasteiger partial charge in [-0.05, 0) is 43.0 Å². The highest BCUT2D eigenvalue weighted by molar-refractivity contribution is 6.31. The monoisotopic (exact) mass is 392 g/mol. The zero-order valence-corrected chi connectivity index (χ0v) is 15.7. The number of fused-ring (bicyclic) bond motifs is 1. The van der Waals surface area contributed by atoms with E-state index in [1.807, 2.05) is 0 Å². The number of benzene rings is 1. The Balaban J connectivity index is 1.47. The second-order valence-corrected chi connectivity index (χ2v) is 7.20. The molecule has 0 radical (unpaired) electrons. The maximum atomic E-state index is 12.0. The summed E-state index contributed by atoms with van der Waals surface area (Å²) in [4.78, 5) is 35.8. The number of hydrogen-bond acceptors (Lipinski definition) is 5. The second kappa shape index (κ2) is 8.43. The van der Waals surface area contributed by atoms with E-state index in [4.69, 9.17) is 20.8 Å². The number of rotatable bonds is 4. The van der Waals surface area contributed by atoms with Crippen LogP contribution in [0.1, 0.15) is 43.2 Å². The van der Waals surface area contributed by atoms with Crippen LogP contribution in [0.2, 0.25) is 5.02 Å². The summed E-state index contributed by atoms with van der Waals surface area (Å²) in [5.41, 5.74) is 0.483. The molecule has 0 unspecified atom stereocenters. The van der Waals surface area contributed by atoms with Crippen molar-refractivity contribution in [1.82, 2.24) is 10.6 Å². The normalized spacial score (nSPS) is 19.5. The van der Waals surface area contributed by atoms with Crippen LogP contribution in [0.3, 0.4) is 0 Å². The maximum absolute atomic E-state index is 12.0. The Morgan fingerprint density at radius 3 is 2.78 bits per heavy atom. The summed E-state index contributed by atoms with van der Waals surface area (Å²) in [5.74, 6) is -1.16. The minimum Gasteiger partial charge on any atom is -0.450 e. The molecule has 27 heavy (non-hydrogen) atoms. The molecule has 1 aliphatic carbocycles. The van der Waals surface area contributed by atoms with E-state index < -0.39 is 24.5 Å². The summed E-state index contributed by atoms with van der Waals surface area (Å²) >= 11 is 5.89. The number of amides is 3. The van der Waals surface area contributed by atoms with Crippen LogP contribution >= 0.6 is 11.6 Å². The van der Waals surface area contributed by atoms with E-state index in [2.05, 4.69) is 17.6 Å². The highest BCUT2D eigenvalue weighted by Gasteiger charge is 2.23. The summed E-state index contributed by atoms with van der Waals surface area (Å²) in [6.07, 6.45) is 4.17. The van der Waals surface area contributed by atoms with Crippen LogP contribution in [-0.4, -0.2) is 30.6 Å². The lowest BCUT2D eigenvalue weighted by Crippen LogP contribution is -2.48. The molecular weight excluding hydrogens is 372 g/mol. The number of halogens is 1. The minimum absolute atomic E-state index is 0.0412. The van der Waals surface area contributed by atoms with Crippen LogP contribution in [-0.2, 0) is 9.53 Å². The molecule has 0 spiro atoms. The first kappa shape index (κ1) is 19.2. The van der Waals surface area contributed by atoms with Crippen molar-refractivity contribution in [3.8, 4) is 0 Å². The first-order valence-corrected chi connectivity index (χ1v) is 9.27. The quantitative estimate of drug-likeness (QED) is 0.774. The Bertz CT molecular complexity index is 863. The SMILES string of the molecule is C[C@@H]1CCCC[C@H]1NC(=O)NC(=O)COC(=O)c1cc2cc(Cl)ccc2o1. The molecular formula is C19H21ClN2O5. The lowest BCUT2D eigenvalue weighted by Gasteiger charge is -2.29. The van der Waals surface area contributed by atoms with Gasteiger partial charge in [-0.3, -0.25) is 10.1 Å². The number of esters is 1. The summed E-state index contributed by atoms with van der Waals surface area (Å²) < 4.78 is 10.3. The molecule has 2 N–H and O–H groups in total. The van der Waals surface area contributed by atoms with Gasteiger partial charge in [-0.25, -0.2) is 9.59 Å². The molecule has 0 aliphatic heterocycles. The smallest absolute Gasteiger partial charge is 0.374 e. The van der Waals surface area contributed by atoms with Crippen LogP contribution in [0, 0.1) is 5.92 Å². The summed E-state index contributed by atoms with van der Waals surface area (Å²) in [6, 6.07) is 5.89. The number of urea groups is 1. The third-order valence-electron chi connectivity index (χ3n) is 4.69.